The van der Waals surface area contributed by atoms with E-state index in [1.807, 2.05) is 45.0 Å². The van der Waals surface area contributed by atoms with Crippen molar-refractivity contribution in [1.29, 1.82) is 0 Å². The van der Waals surface area contributed by atoms with Crippen molar-refractivity contribution >= 4 is 39.9 Å². The largest absolute Gasteiger partial charge is 0.494 e. The second-order valence-electron chi connectivity index (χ2n) is 11.0. The van der Waals surface area contributed by atoms with Crippen molar-refractivity contribution in [3.05, 3.63) is 40.8 Å². The number of ether oxygens (including phenoxy) is 2. The Bertz CT molecular complexity index is 1390. The summed E-state index contributed by atoms with van der Waals surface area (Å²) in [5, 5.41) is 11.1. The van der Waals surface area contributed by atoms with Crippen LogP contribution in [0, 0.1) is 0 Å². The Morgan fingerprint density at radius 1 is 1.00 bits per heavy atom. The summed E-state index contributed by atoms with van der Waals surface area (Å²) >= 11 is 0. The van der Waals surface area contributed by atoms with E-state index in [4.69, 9.17) is 14.5 Å². The molecule has 39 heavy (non-hydrogen) atoms. The summed E-state index contributed by atoms with van der Waals surface area (Å²) in [4.78, 5) is 36.3. The molecule has 0 aliphatic carbocycles. The van der Waals surface area contributed by atoms with Gasteiger partial charge in [0.15, 0.2) is 0 Å². The smallest absolute Gasteiger partial charge is 0.410 e. The van der Waals surface area contributed by atoms with Crippen molar-refractivity contribution in [2.45, 2.75) is 45.6 Å². The van der Waals surface area contributed by atoms with Gasteiger partial charge in [-0.25, -0.2) is 14.9 Å². The third kappa shape index (κ3) is 6.02. The number of piperazine rings is 1. The molecule has 2 aliphatic heterocycles. The first-order valence-corrected chi connectivity index (χ1v) is 13.5. The molecule has 0 unspecified atom stereocenters. The standard InChI is InChI=1S/C28H37N7O4/c1-28(2,3)39-27(37)35-14-12-33(13-15-35)20-8-9-21(22(17-20)38-4)30-25-24-19(18-29-32-26(24)36)16-23(31-25)34-10-6-5-7-11-34/h8-9,16-18H,5-7,10-15H2,1-4H3,(H,30,31)(H,32,36). The van der Waals surface area contributed by atoms with Crippen molar-refractivity contribution in [3.8, 4) is 5.75 Å². The maximum atomic E-state index is 12.8. The Kier molecular flexibility index (Phi) is 7.49. The molecule has 2 fully saturated rings. The number of H-pyrrole nitrogens is 1. The van der Waals surface area contributed by atoms with E-state index in [2.05, 4.69) is 25.3 Å². The molecule has 11 heteroatoms. The lowest BCUT2D eigenvalue weighted by Crippen LogP contribution is -2.50. The third-order valence-electron chi connectivity index (χ3n) is 7.05. The Morgan fingerprint density at radius 2 is 1.74 bits per heavy atom. The van der Waals surface area contributed by atoms with Gasteiger partial charge in [0.05, 0.1) is 24.4 Å². The third-order valence-corrected chi connectivity index (χ3v) is 7.05. The average molecular weight is 536 g/mol. The van der Waals surface area contributed by atoms with Crippen LogP contribution >= 0.6 is 0 Å². The summed E-state index contributed by atoms with van der Waals surface area (Å²) in [6, 6.07) is 7.85. The number of carbonyl (C=O) groups is 1. The highest BCUT2D eigenvalue weighted by atomic mass is 16.6. The Labute approximate surface area is 228 Å². The molecule has 0 radical (unpaired) electrons. The van der Waals surface area contributed by atoms with Crippen molar-refractivity contribution < 1.29 is 14.3 Å². The summed E-state index contributed by atoms with van der Waals surface area (Å²) in [5.41, 5.74) is 0.878. The first-order valence-electron chi connectivity index (χ1n) is 13.5. The van der Waals surface area contributed by atoms with Crippen LogP contribution in [0.2, 0.25) is 0 Å². The number of aromatic amines is 1. The number of hydrogen-bond donors (Lipinski definition) is 2. The van der Waals surface area contributed by atoms with Crippen LogP contribution in [0.3, 0.4) is 0 Å². The van der Waals surface area contributed by atoms with E-state index in [0.717, 1.165) is 42.8 Å². The fourth-order valence-electron chi connectivity index (χ4n) is 5.06. The monoisotopic (exact) mass is 535 g/mol. The summed E-state index contributed by atoms with van der Waals surface area (Å²) in [7, 11) is 1.62. The van der Waals surface area contributed by atoms with E-state index >= 15 is 0 Å². The number of anilines is 4. The molecule has 0 saturated carbocycles. The van der Waals surface area contributed by atoms with E-state index in [9.17, 15) is 9.59 Å². The van der Waals surface area contributed by atoms with Crippen LogP contribution in [0.5, 0.6) is 5.75 Å². The number of pyridine rings is 1. The number of benzene rings is 1. The number of hydrogen-bond acceptors (Lipinski definition) is 9. The van der Waals surface area contributed by atoms with Crippen LogP contribution in [-0.4, -0.2) is 78.2 Å². The van der Waals surface area contributed by atoms with Crippen LogP contribution in [0.1, 0.15) is 40.0 Å². The van der Waals surface area contributed by atoms with Gasteiger partial charge < -0.3 is 29.5 Å². The fraction of sp³-hybridized carbons (Fsp3) is 0.500. The van der Waals surface area contributed by atoms with Gasteiger partial charge in [0.2, 0.25) is 0 Å². The van der Waals surface area contributed by atoms with E-state index in [1.54, 1.807) is 18.2 Å². The fourth-order valence-corrected chi connectivity index (χ4v) is 5.06. The summed E-state index contributed by atoms with van der Waals surface area (Å²) in [5.74, 6) is 1.93. The first-order chi connectivity index (χ1) is 18.7. The molecule has 11 nitrogen and oxygen atoms in total. The highest BCUT2D eigenvalue weighted by Crippen LogP contribution is 2.34. The second kappa shape index (κ2) is 11.0. The Balaban J connectivity index is 1.37. The predicted molar refractivity (Wildman–Crippen MR) is 153 cm³/mol. The number of rotatable bonds is 5. The van der Waals surface area contributed by atoms with Crippen LogP contribution < -0.4 is 25.4 Å². The zero-order valence-corrected chi connectivity index (χ0v) is 23.1. The minimum Gasteiger partial charge on any atom is -0.494 e. The van der Waals surface area contributed by atoms with Crippen LogP contribution in [0.25, 0.3) is 10.8 Å². The van der Waals surface area contributed by atoms with Gasteiger partial charge in [0, 0.05) is 56.4 Å². The summed E-state index contributed by atoms with van der Waals surface area (Å²) < 4.78 is 11.3. The number of methoxy groups -OCH3 is 1. The van der Waals surface area contributed by atoms with Crippen LogP contribution in [-0.2, 0) is 4.74 Å². The predicted octanol–water partition coefficient (Wildman–Crippen LogP) is 4.12. The van der Waals surface area contributed by atoms with Crippen LogP contribution in [0.15, 0.2) is 35.3 Å². The van der Waals surface area contributed by atoms with Gasteiger partial charge >= 0.3 is 6.09 Å². The molecule has 0 atom stereocenters. The maximum absolute atomic E-state index is 12.8. The zero-order valence-electron chi connectivity index (χ0n) is 23.1. The van der Waals surface area contributed by atoms with Crippen molar-refractivity contribution in [3.63, 3.8) is 0 Å². The van der Waals surface area contributed by atoms with E-state index in [-0.39, 0.29) is 11.7 Å². The number of carbonyl (C=O) groups excluding carboxylic acids is 1. The topological polar surface area (TPSA) is 116 Å². The Hall–Kier alpha value is -4.02. The number of piperidine rings is 1. The number of nitrogens with one attached hydrogen (secondary N) is 2. The normalized spacial score (nSPS) is 16.4. The average Bonchev–Trinajstić information content (AvgIpc) is 2.93. The molecular formula is C28H37N7O4. The lowest BCUT2D eigenvalue weighted by molar-refractivity contribution is 0.0240. The molecule has 208 valence electrons. The molecule has 0 spiro atoms. The van der Waals surface area contributed by atoms with Crippen molar-refractivity contribution in [2.24, 2.45) is 0 Å². The molecule has 2 aliphatic rings. The van der Waals surface area contributed by atoms with E-state index in [1.165, 1.54) is 6.42 Å². The highest BCUT2D eigenvalue weighted by Gasteiger charge is 2.26. The molecule has 4 heterocycles. The van der Waals surface area contributed by atoms with Gasteiger partial charge in [-0.3, -0.25) is 4.79 Å². The molecule has 2 saturated heterocycles. The molecule has 0 bridgehead atoms. The second-order valence-corrected chi connectivity index (χ2v) is 11.0. The maximum Gasteiger partial charge on any atom is 0.410 e. The van der Waals surface area contributed by atoms with Crippen molar-refractivity contribution in [1.82, 2.24) is 20.1 Å². The lowest BCUT2D eigenvalue weighted by Gasteiger charge is -2.37. The van der Waals surface area contributed by atoms with Crippen molar-refractivity contribution in [2.75, 3.05) is 61.5 Å². The molecular weight excluding hydrogens is 498 g/mol. The summed E-state index contributed by atoms with van der Waals surface area (Å²) in [6.45, 7) is 10.0. The molecule has 2 aromatic heterocycles. The number of nitrogens with zero attached hydrogens (tertiary/aromatic N) is 5. The zero-order chi connectivity index (χ0) is 27.6. The first kappa shape index (κ1) is 26.6. The SMILES string of the molecule is COc1cc(N2CCN(C(=O)OC(C)(C)C)CC2)ccc1Nc1nc(N2CCCCC2)cc2cn[nH]c(=O)c12. The molecule has 3 aromatic rings. The minimum atomic E-state index is -0.515. The summed E-state index contributed by atoms with van der Waals surface area (Å²) in [6.07, 6.45) is 4.84. The van der Waals surface area contributed by atoms with Crippen LogP contribution in [0.4, 0.5) is 27.8 Å². The quantitative estimate of drug-likeness (QED) is 0.498. The molecule has 1 aromatic carbocycles. The van der Waals surface area contributed by atoms with Gasteiger partial charge in [-0.05, 0) is 58.2 Å². The van der Waals surface area contributed by atoms with E-state index < -0.39 is 5.60 Å². The highest BCUT2D eigenvalue weighted by molar-refractivity contribution is 5.94. The Morgan fingerprint density at radius 3 is 2.44 bits per heavy atom. The van der Waals surface area contributed by atoms with Gasteiger partial charge in [0.1, 0.15) is 23.0 Å². The minimum absolute atomic E-state index is 0.282. The van der Waals surface area contributed by atoms with E-state index in [0.29, 0.717) is 48.8 Å². The van der Waals surface area contributed by atoms with Gasteiger partial charge in [-0.15, -0.1) is 0 Å². The molecule has 5 rings (SSSR count). The molecule has 2 N–H and O–H groups in total. The van der Waals surface area contributed by atoms with Gasteiger partial charge in [0.25, 0.3) is 5.56 Å². The number of amides is 1. The lowest BCUT2D eigenvalue weighted by atomic mass is 10.1. The van der Waals surface area contributed by atoms with Gasteiger partial charge in [-0.1, -0.05) is 0 Å². The number of fused-ring (bicyclic) bond motifs is 1. The van der Waals surface area contributed by atoms with Gasteiger partial charge in [-0.2, -0.15) is 5.10 Å². The molecule has 1 amide bonds. The number of aromatic nitrogens is 3.